The fraction of sp³-hybridized carbons (Fsp3) is 0.421. The lowest BCUT2D eigenvalue weighted by Gasteiger charge is -2.15. The highest BCUT2D eigenvalue weighted by Crippen LogP contribution is 2.24. The lowest BCUT2D eigenvalue weighted by molar-refractivity contribution is 0.0527. The van der Waals surface area contributed by atoms with Crippen molar-refractivity contribution >= 4 is 23.4 Å². The van der Waals surface area contributed by atoms with Crippen molar-refractivity contribution in [1.29, 1.82) is 0 Å². The minimum Gasteiger partial charge on any atom is -0.462 e. The minimum atomic E-state index is -0.359. The number of rotatable bonds is 6. The van der Waals surface area contributed by atoms with Gasteiger partial charge in [-0.25, -0.2) is 9.78 Å². The van der Waals surface area contributed by atoms with Gasteiger partial charge in [0.2, 0.25) is 5.95 Å². The molecule has 0 amide bonds. The molecule has 3 rings (SSSR count). The molecule has 0 bridgehead atoms. The molecular formula is C19H24N4O2. The molecule has 132 valence electrons. The maximum absolute atomic E-state index is 12.1. The van der Waals surface area contributed by atoms with Gasteiger partial charge < -0.3 is 15.4 Å². The number of hydrogen-bond acceptors (Lipinski definition) is 6. The highest BCUT2D eigenvalue weighted by atomic mass is 16.5. The summed E-state index contributed by atoms with van der Waals surface area (Å²) in [6, 6.07) is 9.64. The Bertz CT molecular complexity index is 742. The number of ether oxygens (including phenoxy) is 1. The van der Waals surface area contributed by atoms with Gasteiger partial charge in [-0.1, -0.05) is 25.0 Å². The number of carbonyl (C=O) groups is 1. The molecule has 25 heavy (non-hydrogen) atoms. The zero-order chi connectivity index (χ0) is 17.6. The number of nitrogens with one attached hydrogen (secondary N) is 2. The number of carbonyl (C=O) groups excluding carboxylic acids is 1. The summed E-state index contributed by atoms with van der Waals surface area (Å²) in [6.07, 6.45) is 4.88. The molecule has 1 heterocycles. The third-order valence-corrected chi connectivity index (χ3v) is 4.23. The molecule has 1 aliphatic carbocycles. The monoisotopic (exact) mass is 340 g/mol. The number of benzene rings is 1. The van der Waals surface area contributed by atoms with Gasteiger partial charge in [-0.2, -0.15) is 4.98 Å². The van der Waals surface area contributed by atoms with Gasteiger partial charge in [0.15, 0.2) is 0 Å². The van der Waals surface area contributed by atoms with Crippen molar-refractivity contribution in [3.63, 3.8) is 0 Å². The Balaban J connectivity index is 1.81. The zero-order valence-corrected chi connectivity index (χ0v) is 14.7. The lowest BCUT2D eigenvalue weighted by Crippen LogP contribution is -2.16. The lowest BCUT2D eigenvalue weighted by atomic mass is 10.2. The van der Waals surface area contributed by atoms with Gasteiger partial charge >= 0.3 is 5.97 Å². The van der Waals surface area contributed by atoms with Gasteiger partial charge in [0, 0.05) is 17.8 Å². The average molecular weight is 340 g/mol. The molecule has 0 saturated heterocycles. The van der Waals surface area contributed by atoms with Crippen LogP contribution in [0, 0.1) is 6.92 Å². The molecule has 0 spiro atoms. The van der Waals surface area contributed by atoms with Crippen LogP contribution in [0.2, 0.25) is 0 Å². The molecule has 0 aliphatic heterocycles. The Hall–Kier alpha value is -2.63. The first-order valence-electron chi connectivity index (χ1n) is 8.81. The highest BCUT2D eigenvalue weighted by Gasteiger charge is 2.16. The topological polar surface area (TPSA) is 76.1 Å². The average Bonchev–Trinajstić information content (AvgIpc) is 3.08. The third kappa shape index (κ3) is 4.47. The highest BCUT2D eigenvalue weighted by molar-refractivity contribution is 5.96. The molecule has 1 fully saturated rings. The molecule has 0 radical (unpaired) electrons. The van der Waals surface area contributed by atoms with Crippen LogP contribution in [-0.4, -0.2) is 28.6 Å². The summed E-state index contributed by atoms with van der Waals surface area (Å²) < 4.78 is 5.11. The number of anilines is 3. The summed E-state index contributed by atoms with van der Waals surface area (Å²) in [6.45, 7) is 4.06. The van der Waals surface area contributed by atoms with Crippen LogP contribution in [0.4, 0.5) is 17.5 Å². The first kappa shape index (κ1) is 17.2. The van der Waals surface area contributed by atoms with E-state index in [2.05, 4.69) is 20.6 Å². The van der Waals surface area contributed by atoms with E-state index in [1.165, 1.54) is 25.7 Å². The van der Waals surface area contributed by atoms with Crippen LogP contribution in [0.1, 0.15) is 48.7 Å². The van der Waals surface area contributed by atoms with Crippen LogP contribution in [0.15, 0.2) is 30.3 Å². The molecule has 1 aromatic heterocycles. The zero-order valence-electron chi connectivity index (χ0n) is 14.7. The minimum absolute atomic E-state index is 0.337. The van der Waals surface area contributed by atoms with Crippen LogP contribution < -0.4 is 10.6 Å². The summed E-state index contributed by atoms with van der Waals surface area (Å²) in [5.41, 5.74) is 1.98. The van der Waals surface area contributed by atoms with Crippen molar-refractivity contribution in [2.24, 2.45) is 0 Å². The van der Waals surface area contributed by atoms with Crippen LogP contribution in [0.5, 0.6) is 0 Å². The van der Waals surface area contributed by atoms with E-state index in [1.807, 2.05) is 31.2 Å². The number of para-hydroxylation sites is 1. The van der Waals surface area contributed by atoms with Gasteiger partial charge in [-0.05, 0) is 38.8 Å². The van der Waals surface area contributed by atoms with Crippen molar-refractivity contribution in [2.75, 3.05) is 17.2 Å². The Morgan fingerprint density at radius 2 is 2.00 bits per heavy atom. The van der Waals surface area contributed by atoms with Gasteiger partial charge in [0.1, 0.15) is 5.82 Å². The van der Waals surface area contributed by atoms with Crippen molar-refractivity contribution in [2.45, 2.75) is 45.6 Å². The van der Waals surface area contributed by atoms with E-state index in [0.29, 0.717) is 29.8 Å². The number of nitrogens with zero attached hydrogens (tertiary/aromatic N) is 2. The van der Waals surface area contributed by atoms with Crippen LogP contribution in [0.3, 0.4) is 0 Å². The number of hydrogen-bond donors (Lipinski definition) is 2. The Morgan fingerprint density at radius 3 is 2.76 bits per heavy atom. The molecule has 1 aromatic carbocycles. The summed E-state index contributed by atoms with van der Waals surface area (Å²) in [5.74, 6) is 0.926. The molecule has 6 nitrogen and oxygen atoms in total. The molecule has 1 saturated carbocycles. The largest absolute Gasteiger partial charge is 0.462 e. The summed E-state index contributed by atoms with van der Waals surface area (Å²) >= 11 is 0. The molecular weight excluding hydrogens is 316 g/mol. The maximum atomic E-state index is 12.1. The molecule has 2 N–H and O–H groups in total. The van der Waals surface area contributed by atoms with E-state index in [1.54, 1.807) is 13.0 Å². The fourth-order valence-electron chi connectivity index (χ4n) is 3.08. The Kier molecular flexibility index (Phi) is 5.48. The Labute approximate surface area is 148 Å². The third-order valence-electron chi connectivity index (χ3n) is 4.23. The number of aromatic nitrogens is 2. The van der Waals surface area contributed by atoms with Gasteiger partial charge in [-0.15, -0.1) is 0 Å². The fourth-order valence-corrected chi connectivity index (χ4v) is 3.08. The second kappa shape index (κ2) is 7.96. The normalized spacial score (nSPS) is 14.3. The van der Waals surface area contributed by atoms with E-state index >= 15 is 0 Å². The van der Waals surface area contributed by atoms with Gasteiger partial charge in [-0.3, -0.25) is 0 Å². The first-order chi connectivity index (χ1) is 12.2. The van der Waals surface area contributed by atoms with E-state index in [4.69, 9.17) is 4.74 Å². The van der Waals surface area contributed by atoms with Crippen LogP contribution in [-0.2, 0) is 4.74 Å². The van der Waals surface area contributed by atoms with Crippen molar-refractivity contribution < 1.29 is 9.53 Å². The SMILES string of the molecule is CCOC(=O)c1ccccc1Nc1nc(C)cc(NC2CCCC2)n1. The quantitative estimate of drug-likeness (QED) is 0.772. The predicted molar refractivity (Wildman–Crippen MR) is 98.3 cm³/mol. The van der Waals surface area contributed by atoms with Crippen molar-refractivity contribution in [3.05, 3.63) is 41.6 Å². The van der Waals surface area contributed by atoms with E-state index in [0.717, 1.165) is 11.5 Å². The molecule has 6 heteroatoms. The molecule has 1 aliphatic rings. The molecule has 2 aromatic rings. The van der Waals surface area contributed by atoms with E-state index in [9.17, 15) is 4.79 Å². The molecule has 0 unspecified atom stereocenters. The second-order valence-corrected chi connectivity index (χ2v) is 6.23. The standard InChI is InChI=1S/C19H24N4O2/c1-3-25-18(24)15-10-6-7-11-16(15)22-19-20-13(2)12-17(23-19)21-14-8-4-5-9-14/h6-7,10-12,14H,3-5,8-9H2,1-2H3,(H2,20,21,22,23). The van der Waals surface area contributed by atoms with Crippen LogP contribution >= 0.6 is 0 Å². The predicted octanol–water partition coefficient (Wildman–Crippen LogP) is 4.06. The summed E-state index contributed by atoms with van der Waals surface area (Å²) in [7, 11) is 0. The summed E-state index contributed by atoms with van der Waals surface area (Å²) in [4.78, 5) is 21.1. The van der Waals surface area contributed by atoms with Gasteiger partial charge in [0.25, 0.3) is 0 Å². The van der Waals surface area contributed by atoms with Crippen molar-refractivity contribution in [3.8, 4) is 0 Å². The number of esters is 1. The first-order valence-corrected chi connectivity index (χ1v) is 8.81. The summed E-state index contributed by atoms with van der Waals surface area (Å²) in [5, 5.41) is 6.64. The second-order valence-electron chi connectivity index (χ2n) is 6.23. The smallest absolute Gasteiger partial charge is 0.340 e. The van der Waals surface area contributed by atoms with Gasteiger partial charge in [0.05, 0.1) is 17.9 Å². The van der Waals surface area contributed by atoms with Crippen molar-refractivity contribution in [1.82, 2.24) is 9.97 Å². The van der Waals surface area contributed by atoms with E-state index in [-0.39, 0.29) is 5.97 Å². The Morgan fingerprint density at radius 1 is 1.24 bits per heavy atom. The number of aryl methyl sites for hydroxylation is 1. The van der Waals surface area contributed by atoms with Crippen LogP contribution in [0.25, 0.3) is 0 Å². The molecule has 0 atom stereocenters. The maximum Gasteiger partial charge on any atom is 0.340 e. The van der Waals surface area contributed by atoms with E-state index < -0.39 is 0 Å².